The summed E-state index contributed by atoms with van der Waals surface area (Å²) in [7, 11) is 1.94. The predicted molar refractivity (Wildman–Crippen MR) is 87.0 cm³/mol. The molecule has 2 aliphatic rings. The molecule has 4 rings (SSSR count). The van der Waals surface area contributed by atoms with Crippen LogP contribution in [0.4, 0.5) is 0 Å². The standard InChI is InChI=1S/C18H25N3O2/c1-12-8-15(12)17-6-5-14(23-17)10-19-16-4-3-7-22-18(16)13-9-20-21(2)11-13/h5-6,9,11-12,15-16,18-19H,3-4,7-8,10H2,1-2H3/t12-,15-,16+,18-/m1/s1. The second kappa shape index (κ2) is 6.13. The summed E-state index contributed by atoms with van der Waals surface area (Å²) in [5.74, 6) is 3.60. The van der Waals surface area contributed by atoms with Gasteiger partial charge in [0, 0.05) is 37.4 Å². The minimum atomic E-state index is 0.0790. The van der Waals surface area contributed by atoms with E-state index in [1.54, 1.807) is 0 Å². The highest BCUT2D eigenvalue weighted by Crippen LogP contribution is 2.47. The zero-order chi connectivity index (χ0) is 15.8. The number of nitrogens with one attached hydrogen (secondary N) is 1. The molecule has 0 bridgehead atoms. The van der Waals surface area contributed by atoms with E-state index in [2.05, 4.69) is 29.5 Å². The molecule has 0 unspecified atom stereocenters. The van der Waals surface area contributed by atoms with Gasteiger partial charge in [-0.15, -0.1) is 0 Å². The number of hydrogen-bond acceptors (Lipinski definition) is 4. The molecule has 5 nitrogen and oxygen atoms in total. The summed E-state index contributed by atoms with van der Waals surface area (Å²) in [5.41, 5.74) is 1.15. The van der Waals surface area contributed by atoms with Crippen LogP contribution in [0.15, 0.2) is 28.9 Å². The number of aromatic nitrogens is 2. The zero-order valence-electron chi connectivity index (χ0n) is 13.9. The SMILES string of the molecule is C[C@@H]1C[C@H]1c1ccc(CN[C@H]2CCCO[C@@H]2c2cnn(C)c2)o1. The first kappa shape index (κ1) is 15.0. The normalized spacial score (nSPS) is 30.5. The van der Waals surface area contributed by atoms with E-state index in [1.165, 1.54) is 6.42 Å². The van der Waals surface area contributed by atoms with Crippen molar-refractivity contribution in [3.05, 3.63) is 41.6 Å². The van der Waals surface area contributed by atoms with Crippen LogP contribution in [-0.4, -0.2) is 22.4 Å². The topological polar surface area (TPSA) is 52.2 Å². The molecule has 2 aromatic heterocycles. The van der Waals surface area contributed by atoms with E-state index in [1.807, 2.05) is 24.1 Å². The Balaban J connectivity index is 1.39. The largest absolute Gasteiger partial charge is 0.464 e. The molecule has 0 spiro atoms. The van der Waals surface area contributed by atoms with Gasteiger partial charge >= 0.3 is 0 Å². The monoisotopic (exact) mass is 315 g/mol. The highest BCUT2D eigenvalue weighted by atomic mass is 16.5. The molecule has 23 heavy (non-hydrogen) atoms. The lowest BCUT2D eigenvalue weighted by Gasteiger charge is -2.31. The first-order valence-electron chi connectivity index (χ1n) is 8.63. The third-order valence-corrected chi connectivity index (χ3v) is 5.07. The molecule has 2 fully saturated rings. The minimum Gasteiger partial charge on any atom is -0.464 e. The van der Waals surface area contributed by atoms with Crippen molar-refractivity contribution in [1.82, 2.24) is 15.1 Å². The Morgan fingerprint density at radius 2 is 2.26 bits per heavy atom. The number of rotatable bonds is 5. The van der Waals surface area contributed by atoms with Crippen LogP contribution in [0.5, 0.6) is 0 Å². The lowest BCUT2D eigenvalue weighted by Crippen LogP contribution is -2.38. The molecule has 0 aromatic carbocycles. The van der Waals surface area contributed by atoms with Crippen LogP contribution in [0, 0.1) is 5.92 Å². The van der Waals surface area contributed by atoms with Crippen LogP contribution >= 0.6 is 0 Å². The van der Waals surface area contributed by atoms with Crippen LogP contribution in [0.25, 0.3) is 0 Å². The van der Waals surface area contributed by atoms with Gasteiger partial charge in [-0.05, 0) is 37.3 Å². The van der Waals surface area contributed by atoms with Gasteiger partial charge < -0.3 is 14.5 Å². The highest BCUT2D eigenvalue weighted by Gasteiger charge is 2.36. The molecule has 4 atom stereocenters. The van der Waals surface area contributed by atoms with E-state index in [-0.39, 0.29) is 6.10 Å². The summed E-state index contributed by atoms with van der Waals surface area (Å²) in [5, 5.41) is 7.90. The van der Waals surface area contributed by atoms with Crippen LogP contribution in [0.2, 0.25) is 0 Å². The van der Waals surface area contributed by atoms with E-state index in [9.17, 15) is 0 Å². The van der Waals surface area contributed by atoms with E-state index in [0.717, 1.165) is 49.0 Å². The molecular formula is C18H25N3O2. The molecule has 1 aliphatic heterocycles. The maximum Gasteiger partial charge on any atom is 0.117 e. The molecule has 124 valence electrons. The highest BCUT2D eigenvalue weighted by molar-refractivity contribution is 5.18. The Hall–Kier alpha value is -1.59. The van der Waals surface area contributed by atoms with E-state index < -0.39 is 0 Å². The van der Waals surface area contributed by atoms with Crippen LogP contribution in [0.1, 0.15) is 55.3 Å². The summed E-state index contributed by atoms with van der Waals surface area (Å²) >= 11 is 0. The Labute approximate surface area is 137 Å². The third kappa shape index (κ3) is 3.21. The van der Waals surface area contributed by atoms with Gasteiger partial charge in [-0.25, -0.2) is 0 Å². The Morgan fingerprint density at radius 1 is 1.39 bits per heavy atom. The van der Waals surface area contributed by atoms with Crippen molar-refractivity contribution < 1.29 is 9.15 Å². The fourth-order valence-electron chi connectivity index (χ4n) is 3.54. The van der Waals surface area contributed by atoms with Gasteiger partial charge in [-0.3, -0.25) is 4.68 Å². The fraction of sp³-hybridized carbons (Fsp3) is 0.611. The van der Waals surface area contributed by atoms with Crippen LogP contribution < -0.4 is 5.32 Å². The molecule has 0 radical (unpaired) electrons. The van der Waals surface area contributed by atoms with Gasteiger partial charge in [0.05, 0.1) is 12.7 Å². The smallest absolute Gasteiger partial charge is 0.117 e. The van der Waals surface area contributed by atoms with Gasteiger partial charge in [0.1, 0.15) is 17.6 Å². The van der Waals surface area contributed by atoms with E-state index in [0.29, 0.717) is 12.0 Å². The number of nitrogens with zero attached hydrogens (tertiary/aromatic N) is 2. The molecule has 1 N–H and O–H groups in total. The molecule has 5 heteroatoms. The molecule has 3 heterocycles. The van der Waals surface area contributed by atoms with Crippen molar-refractivity contribution >= 4 is 0 Å². The summed E-state index contributed by atoms with van der Waals surface area (Å²) < 4.78 is 13.8. The fourth-order valence-corrected chi connectivity index (χ4v) is 3.54. The first-order valence-corrected chi connectivity index (χ1v) is 8.63. The van der Waals surface area contributed by atoms with Gasteiger partial charge in [0.25, 0.3) is 0 Å². The first-order chi connectivity index (χ1) is 11.2. The van der Waals surface area contributed by atoms with Gasteiger partial charge in [0.2, 0.25) is 0 Å². The van der Waals surface area contributed by atoms with Crippen molar-refractivity contribution in [2.24, 2.45) is 13.0 Å². The number of aryl methyl sites for hydroxylation is 1. The Kier molecular flexibility index (Phi) is 3.99. The minimum absolute atomic E-state index is 0.0790. The summed E-state index contributed by atoms with van der Waals surface area (Å²) in [6, 6.07) is 4.55. The molecule has 0 amide bonds. The lowest BCUT2D eigenvalue weighted by molar-refractivity contribution is -0.0116. The third-order valence-electron chi connectivity index (χ3n) is 5.07. The van der Waals surface area contributed by atoms with Crippen molar-refractivity contribution in [1.29, 1.82) is 0 Å². The number of furan rings is 1. The average Bonchev–Trinajstić information content (AvgIpc) is 2.96. The maximum absolute atomic E-state index is 6.00. The summed E-state index contributed by atoms with van der Waals surface area (Å²) in [4.78, 5) is 0. The molecular weight excluding hydrogens is 290 g/mol. The number of ether oxygens (including phenoxy) is 1. The molecule has 1 aliphatic carbocycles. The second-order valence-corrected chi connectivity index (χ2v) is 6.99. The summed E-state index contributed by atoms with van der Waals surface area (Å²) in [6.45, 7) is 3.86. The van der Waals surface area contributed by atoms with E-state index >= 15 is 0 Å². The van der Waals surface area contributed by atoms with Crippen molar-refractivity contribution in [2.75, 3.05) is 6.61 Å². The Morgan fingerprint density at radius 3 is 3.00 bits per heavy atom. The molecule has 2 aromatic rings. The van der Waals surface area contributed by atoms with Gasteiger partial charge in [-0.2, -0.15) is 5.10 Å². The van der Waals surface area contributed by atoms with Crippen LogP contribution in [0.3, 0.4) is 0 Å². The number of hydrogen-bond donors (Lipinski definition) is 1. The van der Waals surface area contributed by atoms with Crippen LogP contribution in [-0.2, 0) is 18.3 Å². The van der Waals surface area contributed by atoms with Crippen molar-refractivity contribution in [2.45, 2.75) is 50.8 Å². The zero-order valence-corrected chi connectivity index (χ0v) is 13.9. The van der Waals surface area contributed by atoms with Gasteiger partial charge in [0.15, 0.2) is 0 Å². The molecule has 1 saturated heterocycles. The second-order valence-electron chi connectivity index (χ2n) is 6.99. The Bertz CT molecular complexity index is 663. The van der Waals surface area contributed by atoms with Gasteiger partial charge in [-0.1, -0.05) is 6.92 Å². The predicted octanol–water partition coefficient (Wildman–Crippen LogP) is 3.15. The van der Waals surface area contributed by atoms with Crippen molar-refractivity contribution in [3.63, 3.8) is 0 Å². The van der Waals surface area contributed by atoms with E-state index in [4.69, 9.17) is 9.15 Å². The quantitative estimate of drug-likeness (QED) is 0.921. The average molecular weight is 315 g/mol. The summed E-state index contributed by atoms with van der Waals surface area (Å²) in [6.07, 6.45) is 7.51. The maximum atomic E-state index is 6.00. The molecule has 1 saturated carbocycles. The lowest BCUT2D eigenvalue weighted by atomic mass is 9.98. The van der Waals surface area contributed by atoms with Crippen molar-refractivity contribution in [3.8, 4) is 0 Å².